The molecule has 0 radical (unpaired) electrons. The SMILES string of the molecule is Cc1noc(C)c1CC(=O)NCc1ccc2nsnc2c1. The molecule has 108 valence electrons. The molecule has 3 rings (SSSR count). The maximum absolute atomic E-state index is 12.0. The number of aryl methyl sites for hydroxylation is 2. The van der Waals surface area contributed by atoms with Crippen LogP contribution in [0.5, 0.6) is 0 Å². The van der Waals surface area contributed by atoms with Crippen molar-refractivity contribution >= 4 is 28.7 Å². The molecule has 0 spiro atoms. The molecule has 0 aliphatic carbocycles. The topological polar surface area (TPSA) is 80.9 Å². The highest BCUT2D eigenvalue weighted by Gasteiger charge is 2.13. The van der Waals surface area contributed by atoms with Crippen LogP contribution < -0.4 is 5.32 Å². The zero-order chi connectivity index (χ0) is 14.8. The maximum Gasteiger partial charge on any atom is 0.224 e. The van der Waals surface area contributed by atoms with E-state index < -0.39 is 0 Å². The standard InChI is InChI=1S/C14H14N4O2S/c1-8-11(9(2)20-16-8)6-14(19)15-7-10-3-4-12-13(5-10)18-21-17-12/h3-5H,6-7H2,1-2H3,(H,15,19). The summed E-state index contributed by atoms with van der Waals surface area (Å²) in [6, 6.07) is 5.80. The number of carbonyl (C=O) groups is 1. The fourth-order valence-corrected chi connectivity index (χ4v) is 2.63. The van der Waals surface area contributed by atoms with Gasteiger partial charge in [0.25, 0.3) is 0 Å². The summed E-state index contributed by atoms with van der Waals surface area (Å²) >= 11 is 1.19. The number of hydrogen-bond acceptors (Lipinski definition) is 6. The van der Waals surface area contributed by atoms with E-state index in [0.717, 1.165) is 27.9 Å². The van der Waals surface area contributed by atoms with E-state index in [2.05, 4.69) is 19.2 Å². The minimum atomic E-state index is -0.0547. The Morgan fingerprint density at radius 1 is 1.29 bits per heavy atom. The van der Waals surface area contributed by atoms with Crippen molar-refractivity contribution in [2.24, 2.45) is 0 Å². The highest BCUT2D eigenvalue weighted by atomic mass is 32.1. The zero-order valence-electron chi connectivity index (χ0n) is 11.7. The predicted octanol–water partition coefficient (Wildman–Crippen LogP) is 2.16. The van der Waals surface area contributed by atoms with Crippen LogP contribution in [0.4, 0.5) is 0 Å². The van der Waals surface area contributed by atoms with Crippen LogP contribution in [0.1, 0.15) is 22.6 Å². The number of nitrogens with zero attached hydrogens (tertiary/aromatic N) is 3. The number of nitrogens with one attached hydrogen (secondary N) is 1. The first kappa shape index (κ1) is 13.7. The van der Waals surface area contributed by atoms with Crippen molar-refractivity contribution in [3.05, 3.63) is 40.8 Å². The van der Waals surface area contributed by atoms with E-state index in [1.807, 2.05) is 32.0 Å². The molecule has 2 heterocycles. The number of fused-ring (bicyclic) bond motifs is 1. The Morgan fingerprint density at radius 2 is 2.10 bits per heavy atom. The first-order valence-electron chi connectivity index (χ1n) is 6.53. The van der Waals surface area contributed by atoms with E-state index in [0.29, 0.717) is 12.3 Å². The largest absolute Gasteiger partial charge is 0.361 e. The third kappa shape index (κ3) is 2.92. The predicted molar refractivity (Wildman–Crippen MR) is 78.9 cm³/mol. The minimum absolute atomic E-state index is 0.0547. The molecule has 0 atom stereocenters. The number of aromatic nitrogens is 3. The molecule has 0 unspecified atom stereocenters. The van der Waals surface area contributed by atoms with Crippen molar-refractivity contribution in [1.82, 2.24) is 19.2 Å². The van der Waals surface area contributed by atoms with Crippen molar-refractivity contribution in [1.29, 1.82) is 0 Å². The van der Waals surface area contributed by atoms with Gasteiger partial charge in [-0.3, -0.25) is 4.79 Å². The Morgan fingerprint density at radius 3 is 2.86 bits per heavy atom. The first-order chi connectivity index (χ1) is 10.1. The highest BCUT2D eigenvalue weighted by molar-refractivity contribution is 7.00. The molecular weight excluding hydrogens is 288 g/mol. The van der Waals surface area contributed by atoms with Gasteiger partial charge in [-0.05, 0) is 31.5 Å². The molecule has 1 aromatic carbocycles. The quantitative estimate of drug-likeness (QED) is 0.798. The van der Waals surface area contributed by atoms with Crippen LogP contribution in [0.2, 0.25) is 0 Å². The van der Waals surface area contributed by atoms with E-state index >= 15 is 0 Å². The second-order valence-electron chi connectivity index (χ2n) is 4.84. The summed E-state index contributed by atoms with van der Waals surface area (Å²) in [5.41, 5.74) is 4.36. The monoisotopic (exact) mass is 302 g/mol. The summed E-state index contributed by atoms with van der Waals surface area (Å²) in [6.07, 6.45) is 0.279. The summed E-state index contributed by atoms with van der Waals surface area (Å²) in [7, 11) is 0. The third-order valence-electron chi connectivity index (χ3n) is 3.33. The molecule has 21 heavy (non-hydrogen) atoms. The van der Waals surface area contributed by atoms with Crippen LogP contribution in [-0.4, -0.2) is 19.8 Å². The molecule has 0 aliphatic heterocycles. The Labute approximate surface area is 125 Å². The van der Waals surface area contributed by atoms with Gasteiger partial charge in [0.15, 0.2) is 0 Å². The molecule has 0 aliphatic rings. The lowest BCUT2D eigenvalue weighted by atomic mass is 10.1. The Kier molecular flexibility index (Phi) is 3.66. The number of benzene rings is 1. The van der Waals surface area contributed by atoms with Gasteiger partial charge in [0.05, 0.1) is 23.8 Å². The lowest BCUT2D eigenvalue weighted by molar-refractivity contribution is -0.120. The highest BCUT2D eigenvalue weighted by Crippen LogP contribution is 2.14. The van der Waals surface area contributed by atoms with Gasteiger partial charge in [0, 0.05) is 12.1 Å². The number of amides is 1. The van der Waals surface area contributed by atoms with Crippen molar-refractivity contribution in [2.75, 3.05) is 0 Å². The molecule has 1 amide bonds. The van der Waals surface area contributed by atoms with Crippen molar-refractivity contribution in [3.8, 4) is 0 Å². The molecule has 6 nitrogen and oxygen atoms in total. The molecule has 0 saturated carbocycles. The molecule has 0 saturated heterocycles. The van der Waals surface area contributed by atoms with Crippen molar-refractivity contribution < 1.29 is 9.32 Å². The lowest BCUT2D eigenvalue weighted by Crippen LogP contribution is -2.24. The van der Waals surface area contributed by atoms with E-state index in [1.54, 1.807) is 0 Å². The smallest absolute Gasteiger partial charge is 0.224 e. The lowest BCUT2D eigenvalue weighted by Gasteiger charge is -2.05. The van der Waals surface area contributed by atoms with Crippen LogP contribution in [0.25, 0.3) is 11.0 Å². The Bertz CT molecular complexity index is 774. The summed E-state index contributed by atoms with van der Waals surface area (Å²) < 4.78 is 13.4. The fourth-order valence-electron chi connectivity index (χ4n) is 2.12. The fraction of sp³-hybridized carbons (Fsp3) is 0.286. The average Bonchev–Trinajstić information content (AvgIpc) is 3.06. The second kappa shape index (κ2) is 5.61. The van der Waals surface area contributed by atoms with Crippen molar-refractivity contribution in [2.45, 2.75) is 26.8 Å². The summed E-state index contributed by atoms with van der Waals surface area (Å²) in [4.78, 5) is 12.0. The van der Waals surface area contributed by atoms with E-state index in [-0.39, 0.29) is 12.3 Å². The van der Waals surface area contributed by atoms with Gasteiger partial charge in [-0.15, -0.1) is 0 Å². The van der Waals surface area contributed by atoms with E-state index in [4.69, 9.17) is 4.52 Å². The van der Waals surface area contributed by atoms with Gasteiger partial charge in [-0.1, -0.05) is 11.2 Å². The molecule has 1 N–H and O–H groups in total. The van der Waals surface area contributed by atoms with Crippen LogP contribution in [0.3, 0.4) is 0 Å². The van der Waals surface area contributed by atoms with E-state index in [9.17, 15) is 4.79 Å². The average molecular weight is 302 g/mol. The minimum Gasteiger partial charge on any atom is -0.361 e. The summed E-state index contributed by atoms with van der Waals surface area (Å²) in [5, 5.41) is 6.74. The number of hydrogen-bond donors (Lipinski definition) is 1. The zero-order valence-corrected chi connectivity index (χ0v) is 12.5. The van der Waals surface area contributed by atoms with Crippen molar-refractivity contribution in [3.63, 3.8) is 0 Å². The molecule has 7 heteroatoms. The van der Waals surface area contributed by atoms with Crippen LogP contribution >= 0.6 is 11.7 Å². The van der Waals surface area contributed by atoms with Gasteiger partial charge < -0.3 is 9.84 Å². The molecule has 0 bridgehead atoms. The molecular formula is C14H14N4O2S. The summed E-state index contributed by atoms with van der Waals surface area (Å²) in [5.74, 6) is 0.638. The van der Waals surface area contributed by atoms with Crippen LogP contribution in [0, 0.1) is 13.8 Å². The van der Waals surface area contributed by atoms with Crippen LogP contribution in [0.15, 0.2) is 22.7 Å². The number of rotatable bonds is 4. The van der Waals surface area contributed by atoms with Gasteiger partial charge >= 0.3 is 0 Å². The van der Waals surface area contributed by atoms with Gasteiger partial charge in [-0.25, -0.2) is 0 Å². The normalized spacial score (nSPS) is 11.0. The summed E-state index contributed by atoms with van der Waals surface area (Å²) in [6.45, 7) is 4.11. The van der Waals surface area contributed by atoms with Gasteiger partial charge in [-0.2, -0.15) is 8.75 Å². The number of carbonyl (C=O) groups excluding carboxylic acids is 1. The molecule has 3 aromatic rings. The first-order valence-corrected chi connectivity index (χ1v) is 7.26. The Balaban J connectivity index is 1.63. The van der Waals surface area contributed by atoms with Crippen LogP contribution in [-0.2, 0) is 17.8 Å². The van der Waals surface area contributed by atoms with Gasteiger partial charge in [0.1, 0.15) is 16.8 Å². The maximum atomic E-state index is 12.0. The molecule has 2 aromatic heterocycles. The molecule has 0 fully saturated rings. The second-order valence-corrected chi connectivity index (χ2v) is 5.37. The third-order valence-corrected chi connectivity index (χ3v) is 3.88. The van der Waals surface area contributed by atoms with E-state index in [1.165, 1.54) is 11.7 Å². The van der Waals surface area contributed by atoms with Gasteiger partial charge in [0.2, 0.25) is 5.91 Å². The Hall–Kier alpha value is -2.28.